The third kappa shape index (κ3) is 4.14. The van der Waals surface area contributed by atoms with Crippen molar-refractivity contribution in [2.75, 3.05) is 6.61 Å². The van der Waals surface area contributed by atoms with Crippen molar-refractivity contribution in [1.29, 1.82) is 0 Å². The van der Waals surface area contributed by atoms with Crippen LogP contribution in [0.1, 0.15) is 10.5 Å². The van der Waals surface area contributed by atoms with Crippen molar-refractivity contribution >= 4 is 20.0 Å². The first kappa shape index (κ1) is 18.0. The Morgan fingerprint density at radius 1 is 1.42 bits per heavy atom. The lowest BCUT2D eigenvalue weighted by Gasteiger charge is -2.15. The number of aldehydes is 1. The van der Waals surface area contributed by atoms with Crippen LogP contribution in [0.25, 0.3) is 11.3 Å². The minimum atomic E-state index is -1.19. The molecule has 0 aliphatic carbocycles. The third-order valence-electron chi connectivity index (χ3n) is 3.51. The van der Waals surface area contributed by atoms with Gasteiger partial charge in [-0.3, -0.25) is 19.6 Å². The molecule has 2 aromatic heterocycles. The Morgan fingerprint density at radius 2 is 2.12 bits per heavy atom. The lowest BCUT2D eigenvalue weighted by atomic mass is 10.2. The Hall–Kier alpha value is -2.33. The lowest BCUT2D eigenvalue weighted by Crippen LogP contribution is -2.22. The van der Waals surface area contributed by atoms with E-state index in [0.29, 0.717) is 18.5 Å². The van der Waals surface area contributed by atoms with Gasteiger partial charge in [-0.1, -0.05) is 19.6 Å². The SMILES string of the molecule is Cn1ncc(-c2nn(COCC[Si](C)(C)C)cc2[N+](=O)[O-])c1C=O. The van der Waals surface area contributed by atoms with Crippen molar-refractivity contribution in [3.05, 3.63) is 28.2 Å². The molecule has 2 aromatic rings. The molecular weight excluding hydrogens is 330 g/mol. The molecule has 0 aromatic carbocycles. The maximum atomic E-state index is 11.3. The number of ether oxygens (including phenoxy) is 1. The molecule has 9 nitrogen and oxygen atoms in total. The van der Waals surface area contributed by atoms with Gasteiger partial charge in [0.25, 0.3) is 0 Å². The second-order valence-electron chi connectivity index (χ2n) is 6.69. The van der Waals surface area contributed by atoms with Gasteiger partial charge < -0.3 is 4.74 Å². The minimum Gasteiger partial charge on any atom is -0.360 e. The van der Waals surface area contributed by atoms with E-state index in [1.54, 1.807) is 7.05 Å². The van der Waals surface area contributed by atoms with E-state index in [4.69, 9.17) is 4.74 Å². The summed E-state index contributed by atoms with van der Waals surface area (Å²) in [6, 6.07) is 1.00. The molecule has 0 unspecified atom stereocenters. The van der Waals surface area contributed by atoms with E-state index in [1.807, 2.05) is 0 Å². The molecule has 0 aliphatic rings. The second kappa shape index (κ2) is 7.05. The number of aromatic nitrogens is 4. The van der Waals surface area contributed by atoms with Gasteiger partial charge in [-0.25, -0.2) is 4.68 Å². The Labute approximate surface area is 140 Å². The minimum absolute atomic E-state index is 0.115. The molecule has 0 amide bonds. The van der Waals surface area contributed by atoms with Crippen LogP contribution in [0.4, 0.5) is 5.69 Å². The van der Waals surface area contributed by atoms with Gasteiger partial charge in [0.1, 0.15) is 18.6 Å². The first-order chi connectivity index (χ1) is 11.2. The molecule has 24 heavy (non-hydrogen) atoms. The third-order valence-corrected chi connectivity index (χ3v) is 5.21. The molecule has 0 fully saturated rings. The van der Waals surface area contributed by atoms with Crippen molar-refractivity contribution < 1.29 is 14.5 Å². The van der Waals surface area contributed by atoms with Gasteiger partial charge >= 0.3 is 5.69 Å². The quantitative estimate of drug-likeness (QED) is 0.238. The Kier molecular flexibility index (Phi) is 5.29. The van der Waals surface area contributed by atoms with Gasteiger partial charge in [0, 0.05) is 21.7 Å². The van der Waals surface area contributed by atoms with Gasteiger partial charge in [-0.15, -0.1) is 0 Å². The van der Waals surface area contributed by atoms with Gasteiger partial charge in [0.15, 0.2) is 12.0 Å². The monoisotopic (exact) mass is 351 g/mol. The van der Waals surface area contributed by atoms with Crippen LogP contribution >= 0.6 is 0 Å². The summed E-state index contributed by atoms with van der Waals surface area (Å²) in [5.41, 5.74) is 0.506. The Bertz CT molecular complexity index is 747. The molecule has 2 heterocycles. The Morgan fingerprint density at radius 3 is 2.71 bits per heavy atom. The molecule has 0 radical (unpaired) electrons. The van der Waals surface area contributed by atoms with Crippen LogP contribution < -0.4 is 0 Å². The van der Waals surface area contributed by atoms with Crippen LogP contribution in [0.15, 0.2) is 12.4 Å². The van der Waals surface area contributed by atoms with E-state index >= 15 is 0 Å². The zero-order valence-corrected chi connectivity index (χ0v) is 15.2. The number of rotatable bonds is 8. The lowest BCUT2D eigenvalue weighted by molar-refractivity contribution is -0.384. The molecule has 0 N–H and O–H groups in total. The highest BCUT2D eigenvalue weighted by atomic mass is 28.3. The van der Waals surface area contributed by atoms with Crippen molar-refractivity contribution in [1.82, 2.24) is 19.6 Å². The van der Waals surface area contributed by atoms with Crippen LogP contribution in [-0.4, -0.2) is 45.5 Å². The zero-order valence-electron chi connectivity index (χ0n) is 14.2. The van der Waals surface area contributed by atoms with Gasteiger partial charge in [-0.05, 0) is 6.04 Å². The molecule has 0 saturated heterocycles. The molecule has 0 aliphatic heterocycles. The van der Waals surface area contributed by atoms with Gasteiger partial charge in [0.05, 0.1) is 16.7 Å². The summed E-state index contributed by atoms with van der Waals surface area (Å²) < 4.78 is 8.29. The molecule has 130 valence electrons. The summed E-state index contributed by atoms with van der Waals surface area (Å²) in [6.07, 6.45) is 3.32. The molecule has 2 rings (SSSR count). The average molecular weight is 351 g/mol. The number of carbonyl (C=O) groups excluding carboxylic acids is 1. The smallest absolute Gasteiger partial charge is 0.315 e. The Balaban J connectivity index is 2.21. The van der Waals surface area contributed by atoms with Gasteiger partial charge in [-0.2, -0.15) is 10.2 Å². The molecule has 0 bridgehead atoms. The maximum Gasteiger partial charge on any atom is 0.315 e. The fraction of sp³-hybridized carbons (Fsp3) is 0.500. The molecule has 10 heteroatoms. The van der Waals surface area contributed by atoms with E-state index in [9.17, 15) is 14.9 Å². The largest absolute Gasteiger partial charge is 0.360 e. The summed E-state index contributed by atoms with van der Waals surface area (Å²) in [5, 5.41) is 19.4. The van der Waals surface area contributed by atoms with E-state index in [2.05, 4.69) is 29.8 Å². The van der Waals surface area contributed by atoms with Crippen LogP contribution in [-0.2, 0) is 18.5 Å². The molecule has 0 spiro atoms. The van der Waals surface area contributed by atoms with Crippen molar-refractivity contribution in [2.24, 2.45) is 7.05 Å². The van der Waals surface area contributed by atoms with Crippen LogP contribution in [0.5, 0.6) is 0 Å². The fourth-order valence-electron chi connectivity index (χ4n) is 2.11. The molecule has 0 saturated carbocycles. The van der Waals surface area contributed by atoms with E-state index in [-0.39, 0.29) is 23.8 Å². The molecular formula is C14H21N5O4Si. The predicted octanol–water partition coefficient (Wildman–Crippen LogP) is 2.32. The molecule has 0 atom stereocenters. The number of hydrogen-bond donors (Lipinski definition) is 0. The number of hydrogen-bond acceptors (Lipinski definition) is 6. The highest BCUT2D eigenvalue weighted by molar-refractivity contribution is 6.76. The van der Waals surface area contributed by atoms with Crippen LogP contribution in [0.3, 0.4) is 0 Å². The van der Waals surface area contributed by atoms with Crippen molar-refractivity contribution in [2.45, 2.75) is 32.4 Å². The normalized spacial score (nSPS) is 11.7. The highest BCUT2D eigenvalue weighted by Gasteiger charge is 2.25. The summed E-state index contributed by atoms with van der Waals surface area (Å²) in [6.45, 7) is 7.46. The van der Waals surface area contributed by atoms with Crippen LogP contribution in [0.2, 0.25) is 25.7 Å². The number of aryl methyl sites for hydroxylation is 1. The van der Waals surface area contributed by atoms with Crippen molar-refractivity contribution in [3.63, 3.8) is 0 Å². The highest BCUT2D eigenvalue weighted by Crippen LogP contribution is 2.30. The number of nitro groups is 1. The number of nitrogens with zero attached hydrogens (tertiary/aromatic N) is 5. The second-order valence-corrected chi connectivity index (χ2v) is 12.3. The zero-order chi connectivity index (χ0) is 17.9. The van der Waals surface area contributed by atoms with E-state index in [1.165, 1.54) is 21.8 Å². The summed E-state index contributed by atoms with van der Waals surface area (Å²) in [7, 11) is 0.399. The average Bonchev–Trinajstić information content (AvgIpc) is 3.05. The first-order valence-electron chi connectivity index (χ1n) is 7.50. The van der Waals surface area contributed by atoms with Crippen molar-refractivity contribution in [3.8, 4) is 11.3 Å². The maximum absolute atomic E-state index is 11.3. The first-order valence-corrected chi connectivity index (χ1v) is 11.2. The standard InChI is InChI=1S/C14H21N5O4Si/c1-17-13(9-20)11(7-15-17)14-12(19(21)22)8-18(16-14)10-23-5-6-24(2,3)4/h7-9H,5-6,10H2,1-4H3. The van der Waals surface area contributed by atoms with Gasteiger partial charge in [0.2, 0.25) is 0 Å². The number of carbonyl (C=O) groups is 1. The van der Waals surface area contributed by atoms with Crippen LogP contribution in [0, 0.1) is 10.1 Å². The van der Waals surface area contributed by atoms with E-state index in [0.717, 1.165) is 6.04 Å². The topological polar surface area (TPSA) is 105 Å². The summed E-state index contributed by atoms with van der Waals surface area (Å²) in [4.78, 5) is 21.9. The predicted molar refractivity (Wildman–Crippen MR) is 90.6 cm³/mol. The summed E-state index contributed by atoms with van der Waals surface area (Å²) >= 11 is 0. The fourth-order valence-corrected chi connectivity index (χ4v) is 2.86. The van der Waals surface area contributed by atoms with E-state index < -0.39 is 13.0 Å². The summed E-state index contributed by atoms with van der Waals surface area (Å²) in [5.74, 6) is 0.